The highest BCUT2D eigenvalue weighted by atomic mass is 79.9. The monoisotopic (exact) mass is 354 g/mol. The summed E-state index contributed by atoms with van der Waals surface area (Å²) in [6, 6.07) is 9.46. The van der Waals surface area contributed by atoms with Gasteiger partial charge in [-0.25, -0.2) is 4.68 Å². The van der Waals surface area contributed by atoms with E-state index in [1.807, 2.05) is 24.3 Å². The normalized spacial score (nSPS) is 12.1. The summed E-state index contributed by atoms with van der Waals surface area (Å²) in [5, 5.41) is 23.1. The fourth-order valence-corrected chi connectivity index (χ4v) is 2.14. The first-order chi connectivity index (χ1) is 9.56. The van der Waals surface area contributed by atoms with E-state index in [4.69, 9.17) is 17.3 Å². The van der Waals surface area contributed by atoms with Gasteiger partial charge in [0, 0.05) is 10.0 Å². The summed E-state index contributed by atoms with van der Waals surface area (Å²) >= 11 is 8.92. The zero-order chi connectivity index (χ0) is 14.7. The Morgan fingerprint density at radius 3 is 2.65 bits per heavy atom. The highest BCUT2D eigenvalue weighted by molar-refractivity contribution is 9.10. The topological polar surface area (TPSA) is 87.9 Å². The summed E-state index contributed by atoms with van der Waals surface area (Å²) in [7, 11) is 0. The minimum Gasteiger partial charge on any atom is -0.390 e. The van der Waals surface area contributed by atoms with E-state index in [1.165, 1.54) is 4.68 Å². The molecule has 20 heavy (non-hydrogen) atoms. The fraction of sp³-hybridized carbons (Fsp3) is 0.231. The van der Waals surface area contributed by atoms with Gasteiger partial charge >= 0.3 is 0 Å². The maximum absolute atomic E-state index is 9.58. The highest BCUT2D eigenvalue weighted by Gasteiger charge is 2.18. The van der Waals surface area contributed by atoms with Gasteiger partial charge in [0.25, 0.3) is 0 Å². The number of nitrogens with zero attached hydrogens (tertiary/aromatic N) is 3. The number of nitrogens with two attached hydrogens (primary N) is 1. The van der Waals surface area contributed by atoms with Gasteiger partial charge in [-0.1, -0.05) is 28.1 Å². The number of aromatic nitrogens is 2. The van der Waals surface area contributed by atoms with Gasteiger partial charge in [-0.15, -0.1) is 11.6 Å². The quantitative estimate of drug-likeness (QED) is 0.824. The molecule has 0 aliphatic rings. The van der Waals surface area contributed by atoms with Crippen molar-refractivity contribution in [2.45, 2.75) is 12.6 Å². The van der Waals surface area contributed by atoms with Crippen LogP contribution in [0.2, 0.25) is 0 Å². The van der Waals surface area contributed by atoms with Gasteiger partial charge in [0.15, 0.2) is 0 Å². The summed E-state index contributed by atoms with van der Waals surface area (Å²) in [5.74, 6) is 0.309. The lowest BCUT2D eigenvalue weighted by Gasteiger charge is -2.07. The Balaban J connectivity index is 2.46. The molecule has 0 aliphatic heterocycles. The number of benzene rings is 1. The number of hydrogen-bond acceptors (Lipinski definition) is 4. The van der Waals surface area contributed by atoms with Crippen molar-refractivity contribution in [3.63, 3.8) is 0 Å². The molecule has 5 nitrogen and oxygen atoms in total. The zero-order valence-corrected chi connectivity index (χ0v) is 12.8. The molecule has 2 rings (SSSR count). The lowest BCUT2D eigenvalue weighted by molar-refractivity contribution is 0.172. The Hall–Kier alpha value is -1.55. The maximum atomic E-state index is 9.58. The first-order valence-electron chi connectivity index (χ1n) is 5.83. The van der Waals surface area contributed by atoms with Crippen molar-refractivity contribution in [1.29, 1.82) is 5.26 Å². The van der Waals surface area contributed by atoms with Crippen LogP contribution >= 0.6 is 27.5 Å². The third-order valence-corrected chi connectivity index (χ3v) is 3.67. The molecule has 104 valence electrons. The fourth-order valence-electron chi connectivity index (χ4n) is 1.78. The van der Waals surface area contributed by atoms with Crippen LogP contribution in [0.25, 0.3) is 11.3 Å². The minimum atomic E-state index is -0.761. The molecule has 1 atom stereocenters. The van der Waals surface area contributed by atoms with Gasteiger partial charge in [0.2, 0.25) is 0 Å². The van der Waals surface area contributed by atoms with Crippen molar-refractivity contribution < 1.29 is 5.11 Å². The Kier molecular flexibility index (Phi) is 4.65. The predicted octanol–water partition coefficient (Wildman–Crippen LogP) is 2.37. The van der Waals surface area contributed by atoms with Gasteiger partial charge in [-0.2, -0.15) is 10.4 Å². The van der Waals surface area contributed by atoms with Crippen LogP contribution in [0.3, 0.4) is 0 Å². The second kappa shape index (κ2) is 6.27. The number of alkyl halides is 1. The molecule has 1 aromatic heterocycles. The Labute approximate surface area is 129 Å². The molecule has 2 aromatic rings. The molecule has 7 heteroatoms. The largest absolute Gasteiger partial charge is 0.390 e. The van der Waals surface area contributed by atoms with E-state index in [1.54, 1.807) is 0 Å². The van der Waals surface area contributed by atoms with Crippen molar-refractivity contribution in [1.82, 2.24) is 9.78 Å². The molecule has 3 N–H and O–H groups in total. The number of halogens is 2. The molecule has 1 unspecified atom stereocenters. The summed E-state index contributed by atoms with van der Waals surface area (Å²) in [6.45, 7) is 0.153. The average molecular weight is 356 g/mol. The van der Waals surface area contributed by atoms with Gasteiger partial charge in [-0.05, 0) is 12.1 Å². The third-order valence-electron chi connectivity index (χ3n) is 2.78. The predicted molar refractivity (Wildman–Crippen MR) is 81.2 cm³/mol. The number of aliphatic hydroxyl groups is 1. The minimum absolute atomic E-state index is 0.0782. The molecule has 0 saturated carbocycles. The van der Waals surface area contributed by atoms with E-state index in [0.717, 1.165) is 10.0 Å². The van der Waals surface area contributed by atoms with Crippen LogP contribution in [0.4, 0.5) is 5.82 Å². The molecule has 0 radical (unpaired) electrons. The van der Waals surface area contributed by atoms with Crippen molar-refractivity contribution in [2.24, 2.45) is 0 Å². The van der Waals surface area contributed by atoms with Gasteiger partial charge in [-0.3, -0.25) is 0 Å². The van der Waals surface area contributed by atoms with Crippen LogP contribution in [0, 0.1) is 11.3 Å². The molecule has 1 heterocycles. The van der Waals surface area contributed by atoms with Crippen LogP contribution in [-0.4, -0.2) is 26.9 Å². The molecule has 0 bridgehead atoms. The van der Waals surface area contributed by atoms with E-state index in [9.17, 15) is 10.4 Å². The third kappa shape index (κ3) is 2.96. The van der Waals surface area contributed by atoms with E-state index < -0.39 is 6.10 Å². The van der Waals surface area contributed by atoms with Gasteiger partial charge < -0.3 is 10.8 Å². The first-order valence-corrected chi connectivity index (χ1v) is 7.16. The van der Waals surface area contributed by atoms with Crippen molar-refractivity contribution >= 4 is 33.3 Å². The van der Waals surface area contributed by atoms with Gasteiger partial charge in [0.05, 0.1) is 18.5 Å². The summed E-state index contributed by atoms with van der Waals surface area (Å²) in [4.78, 5) is 0. The molecule has 1 aromatic carbocycles. The molecule has 0 amide bonds. The van der Waals surface area contributed by atoms with Crippen molar-refractivity contribution in [3.8, 4) is 17.3 Å². The Morgan fingerprint density at radius 2 is 2.10 bits per heavy atom. The first kappa shape index (κ1) is 14.9. The van der Waals surface area contributed by atoms with Gasteiger partial charge in [0.1, 0.15) is 23.1 Å². The zero-order valence-electron chi connectivity index (χ0n) is 10.4. The van der Waals surface area contributed by atoms with Crippen LogP contribution < -0.4 is 5.73 Å². The second-order valence-corrected chi connectivity index (χ2v) is 5.44. The van der Waals surface area contributed by atoms with Crippen molar-refractivity contribution in [3.05, 3.63) is 34.3 Å². The summed E-state index contributed by atoms with van der Waals surface area (Å²) in [5.41, 5.74) is 7.49. The van der Waals surface area contributed by atoms with Crippen LogP contribution in [0.1, 0.15) is 5.56 Å². The van der Waals surface area contributed by atoms with Crippen LogP contribution in [0.5, 0.6) is 0 Å². The average Bonchev–Trinajstić information content (AvgIpc) is 2.76. The standard InChI is InChI=1S/C13H12BrClN4O/c14-9-3-1-8(2-4-9)12-11(6-16)13(17)19(18-12)7-10(20)5-15/h1-4,10,20H,5,7,17H2. The SMILES string of the molecule is N#Cc1c(-c2ccc(Br)cc2)nn(CC(O)CCl)c1N. The van der Waals surface area contributed by atoms with Crippen LogP contribution in [-0.2, 0) is 6.54 Å². The number of nitrogen functional groups attached to an aromatic ring is 1. The smallest absolute Gasteiger partial charge is 0.140 e. The van der Waals surface area contributed by atoms with E-state index in [-0.39, 0.29) is 18.2 Å². The molecule has 0 fully saturated rings. The molecular formula is C13H12BrClN4O. The van der Waals surface area contributed by atoms with E-state index >= 15 is 0 Å². The molecule has 0 saturated heterocycles. The van der Waals surface area contributed by atoms with E-state index in [2.05, 4.69) is 27.1 Å². The lowest BCUT2D eigenvalue weighted by Crippen LogP contribution is -2.19. The van der Waals surface area contributed by atoms with Crippen LogP contribution in [0.15, 0.2) is 28.7 Å². The maximum Gasteiger partial charge on any atom is 0.140 e. The Bertz CT molecular complexity index is 648. The molecule has 0 spiro atoms. The highest BCUT2D eigenvalue weighted by Crippen LogP contribution is 2.27. The summed E-state index contributed by atoms with van der Waals surface area (Å²) in [6.07, 6.45) is -0.761. The van der Waals surface area contributed by atoms with Crippen molar-refractivity contribution in [2.75, 3.05) is 11.6 Å². The number of rotatable bonds is 4. The van der Waals surface area contributed by atoms with E-state index in [0.29, 0.717) is 11.3 Å². The lowest BCUT2D eigenvalue weighted by atomic mass is 10.1. The number of anilines is 1. The Morgan fingerprint density at radius 1 is 1.45 bits per heavy atom. The number of aliphatic hydroxyl groups excluding tert-OH is 1. The number of nitriles is 1. The molecular weight excluding hydrogens is 344 g/mol. The second-order valence-electron chi connectivity index (χ2n) is 4.22. The molecule has 0 aliphatic carbocycles. The summed E-state index contributed by atoms with van der Waals surface area (Å²) < 4.78 is 2.34. The number of hydrogen-bond donors (Lipinski definition) is 2.